The van der Waals surface area contributed by atoms with Crippen LogP contribution in [-0.4, -0.2) is 15.7 Å². The molecule has 0 aliphatic carbocycles. The zero-order valence-electron chi connectivity index (χ0n) is 6.14. The molecule has 2 nitrogen and oxygen atoms in total. The van der Waals surface area contributed by atoms with Gasteiger partial charge in [-0.15, -0.1) is 0 Å². The van der Waals surface area contributed by atoms with E-state index in [9.17, 15) is 13.2 Å². The second kappa shape index (κ2) is 3.08. The van der Waals surface area contributed by atoms with E-state index < -0.39 is 12.2 Å². The number of rotatable bonds is 1. The van der Waals surface area contributed by atoms with Crippen LogP contribution in [-0.2, 0) is 0 Å². The molecule has 0 radical (unpaired) electrons. The van der Waals surface area contributed by atoms with Crippen LogP contribution in [0.5, 0.6) is 0 Å². The topological polar surface area (TPSA) is 17.8 Å². The minimum absolute atomic E-state index is 0.401. The van der Waals surface area contributed by atoms with Crippen LogP contribution in [0.25, 0.3) is 0 Å². The van der Waals surface area contributed by atoms with Gasteiger partial charge in [0, 0.05) is 6.20 Å². The van der Waals surface area contributed by atoms with Gasteiger partial charge in [-0.1, -0.05) is 0 Å². The predicted molar refractivity (Wildman–Crippen MR) is 40.7 cm³/mol. The van der Waals surface area contributed by atoms with Gasteiger partial charge < -0.3 is 4.57 Å². The minimum atomic E-state index is -4.22. The maximum Gasteiger partial charge on any atom is 0.408 e. The lowest BCUT2D eigenvalue weighted by molar-refractivity contribution is -0.162. The van der Waals surface area contributed by atoms with E-state index in [1.54, 1.807) is 0 Å². The van der Waals surface area contributed by atoms with Gasteiger partial charge in [0.2, 0.25) is 0 Å². The zero-order valence-corrected chi connectivity index (χ0v) is 7.72. The first-order valence-corrected chi connectivity index (χ1v) is 3.96. The summed E-state index contributed by atoms with van der Waals surface area (Å²) in [6, 6.07) is -1.53. The lowest BCUT2D eigenvalue weighted by atomic mass is 10.3. The van der Waals surface area contributed by atoms with E-state index in [1.165, 1.54) is 6.20 Å². The molecule has 1 rings (SSSR count). The molecular weight excluding hydrogens is 237 g/mol. The van der Waals surface area contributed by atoms with E-state index in [0.29, 0.717) is 4.60 Å². The highest BCUT2D eigenvalue weighted by atomic mass is 79.9. The van der Waals surface area contributed by atoms with E-state index in [4.69, 9.17) is 0 Å². The first-order valence-electron chi connectivity index (χ1n) is 3.17. The number of nitrogens with zero attached hydrogens (tertiary/aromatic N) is 2. The van der Waals surface area contributed by atoms with Crippen molar-refractivity contribution in [3.63, 3.8) is 0 Å². The summed E-state index contributed by atoms with van der Waals surface area (Å²) < 4.78 is 37.6. The molecule has 0 saturated heterocycles. The van der Waals surface area contributed by atoms with Crippen molar-refractivity contribution in [1.82, 2.24) is 9.55 Å². The van der Waals surface area contributed by atoms with Crippen LogP contribution in [0.4, 0.5) is 13.2 Å². The highest BCUT2D eigenvalue weighted by molar-refractivity contribution is 9.10. The van der Waals surface area contributed by atoms with E-state index >= 15 is 0 Å². The minimum Gasteiger partial charge on any atom is -0.324 e. The molecule has 1 atom stereocenters. The van der Waals surface area contributed by atoms with Crippen LogP contribution in [0.15, 0.2) is 17.1 Å². The van der Waals surface area contributed by atoms with Crippen LogP contribution in [0.1, 0.15) is 13.0 Å². The average Bonchev–Trinajstić information content (AvgIpc) is 2.32. The molecular formula is C6H6BrF3N2. The van der Waals surface area contributed by atoms with Crippen molar-refractivity contribution in [1.29, 1.82) is 0 Å². The Morgan fingerprint density at radius 3 is 2.50 bits per heavy atom. The third-order valence-electron chi connectivity index (χ3n) is 1.49. The Bertz CT molecular complexity index is 268. The third-order valence-corrected chi connectivity index (χ3v) is 1.90. The van der Waals surface area contributed by atoms with Gasteiger partial charge in [0.05, 0.1) is 6.33 Å². The van der Waals surface area contributed by atoms with Crippen molar-refractivity contribution in [2.45, 2.75) is 19.1 Å². The molecule has 1 heterocycles. The van der Waals surface area contributed by atoms with Gasteiger partial charge in [-0.05, 0) is 22.9 Å². The third kappa shape index (κ3) is 2.00. The van der Waals surface area contributed by atoms with Crippen molar-refractivity contribution in [2.24, 2.45) is 0 Å². The maximum absolute atomic E-state index is 12.1. The van der Waals surface area contributed by atoms with Crippen LogP contribution < -0.4 is 0 Å². The highest BCUT2D eigenvalue weighted by Crippen LogP contribution is 2.30. The normalized spacial score (nSPS) is 14.8. The lowest BCUT2D eigenvalue weighted by Gasteiger charge is -2.15. The Labute approximate surface area is 75.5 Å². The highest BCUT2D eigenvalue weighted by Gasteiger charge is 2.37. The molecule has 1 unspecified atom stereocenters. The van der Waals surface area contributed by atoms with Crippen molar-refractivity contribution >= 4 is 15.9 Å². The molecule has 0 spiro atoms. The Kier molecular flexibility index (Phi) is 2.46. The molecule has 0 N–H and O–H groups in total. The van der Waals surface area contributed by atoms with Crippen molar-refractivity contribution in [3.05, 3.63) is 17.1 Å². The lowest BCUT2D eigenvalue weighted by Crippen LogP contribution is -2.22. The monoisotopic (exact) mass is 242 g/mol. The van der Waals surface area contributed by atoms with Crippen molar-refractivity contribution in [3.8, 4) is 0 Å². The number of hydrogen-bond donors (Lipinski definition) is 0. The van der Waals surface area contributed by atoms with Gasteiger partial charge in [0.1, 0.15) is 10.6 Å². The van der Waals surface area contributed by atoms with Crippen LogP contribution in [0.3, 0.4) is 0 Å². The van der Waals surface area contributed by atoms with Crippen LogP contribution in [0, 0.1) is 0 Å². The summed E-state index contributed by atoms with van der Waals surface area (Å²) in [6.07, 6.45) is -1.79. The number of imidazole rings is 1. The van der Waals surface area contributed by atoms with Crippen molar-refractivity contribution in [2.75, 3.05) is 0 Å². The molecule has 68 valence electrons. The molecule has 0 saturated carbocycles. The summed E-state index contributed by atoms with van der Waals surface area (Å²) in [5.41, 5.74) is 0. The zero-order chi connectivity index (χ0) is 9.35. The summed E-state index contributed by atoms with van der Waals surface area (Å²) in [4.78, 5) is 3.63. The Balaban J connectivity index is 2.85. The summed E-state index contributed by atoms with van der Waals surface area (Å²) in [6.45, 7) is 1.08. The SMILES string of the molecule is CC(n1cnc(Br)c1)C(F)(F)F. The number of halogens is 4. The molecule has 12 heavy (non-hydrogen) atoms. The van der Waals surface area contributed by atoms with Gasteiger partial charge in [0.15, 0.2) is 0 Å². The summed E-state index contributed by atoms with van der Waals surface area (Å²) >= 11 is 2.97. The van der Waals surface area contributed by atoms with E-state index in [0.717, 1.165) is 17.8 Å². The fourth-order valence-electron chi connectivity index (χ4n) is 0.692. The molecule has 0 bridgehead atoms. The van der Waals surface area contributed by atoms with Gasteiger partial charge in [0.25, 0.3) is 0 Å². The number of hydrogen-bond acceptors (Lipinski definition) is 1. The van der Waals surface area contributed by atoms with Gasteiger partial charge in [-0.25, -0.2) is 4.98 Å². The molecule has 0 aliphatic heterocycles. The van der Waals surface area contributed by atoms with E-state index in [2.05, 4.69) is 20.9 Å². The largest absolute Gasteiger partial charge is 0.408 e. The first kappa shape index (κ1) is 9.57. The quantitative estimate of drug-likeness (QED) is 0.741. The summed E-state index contributed by atoms with van der Waals surface area (Å²) in [7, 11) is 0. The standard InChI is InChI=1S/C6H6BrF3N2/c1-4(6(8,9)10)12-2-5(7)11-3-12/h2-4H,1H3. The van der Waals surface area contributed by atoms with Gasteiger partial charge in [-0.2, -0.15) is 13.2 Å². The van der Waals surface area contributed by atoms with Gasteiger partial charge >= 0.3 is 6.18 Å². The average molecular weight is 243 g/mol. The Hall–Kier alpha value is -0.520. The molecule has 0 amide bonds. The van der Waals surface area contributed by atoms with Gasteiger partial charge in [-0.3, -0.25) is 0 Å². The summed E-state index contributed by atoms with van der Waals surface area (Å²) in [5.74, 6) is 0. The van der Waals surface area contributed by atoms with Crippen LogP contribution >= 0.6 is 15.9 Å². The molecule has 1 aromatic heterocycles. The van der Waals surface area contributed by atoms with Crippen LogP contribution in [0.2, 0.25) is 0 Å². The van der Waals surface area contributed by atoms with Crippen molar-refractivity contribution < 1.29 is 13.2 Å². The van der Waals surface area contributed by atoms with E-state index in [-0.39, 0.29) is 0 Å². The van der Waals surface area contributed by atoms with E-state index in [1.807, 2.05) is 0 Å². The molecule has 0 fully saturated rings. The smallest absolute Gasteiger partial charge is 0.324 e. The Morgan fingerprint density at radius 1 is 1.58 bits per heavy atom. The maximum atomic E-state index is 12.1. The molecule has 1 aromatic rings. The fraction of sp³-hybridized carbons (Fsp3) is 0.500. The second-order valence-corrected chi connectivity index (χ2v) is 3.17. The second-order valence-electron chi connectivity index (χ2n) is 2.36. The fourth-order valence-corrected chi connectivity index (χ4v) is 1.02. The number of aromatic nitrogens is 2. The molecule has 0 aromatic carbocycles. The Morgan fingerprint density at radius 2 is 2.17 bits per heavy atom. The molecule has 6 heteroatoms. The number of alkyl halides is 3. The molecule has 0 aliphatic rings. The first-order chi connectivity index (χ1) is 5.41. The summed E-state index contributed by atoms with van der Waals surface area (Å²) in [5, 5.41) is 0. The predicted octanol–water partition coefficient (Wildman–Crippen LogP) is 2.77.